The number of halogens is 1. The number of nitrogens with zero attached hydrogens (tertiary/aromatic N) is 3. The molecule has 0 bridgehead atoms. The maximum Gasteiger partial charge on any atom is 0.245 e. The molecule has 2 aromatic heterocycles. The fourth-order valence-electron chi connectivity index (χ4n) is 2.48. The molecule has 0 saturated heterocycles. The van der Waals surface area contributed by atoms with Crippen LogP contribution in [0.3, 0.4) is 0 Å². The summed E-state index contributed by atoms with van der Waals surface area (Å²) >= 11 is 0. The Kier molecular flexibility index (Phi) is 5.62. The highest BCUT2D eigenvalue weighted by Crippen LogP contribution is 2.24. The first-order valence-electron chi connectivity index (χ1n) is 8.32. The summed E-state index contributed by atoms with van der Waals surface area (Å²) in [5.41, 5.74) is 1.15. The molecule has 1 atom stereocenters. The number of rotatable bonds is 7. The molecule has 3 rings (SSSR count). The molecule has 1 aromatic carbocycles. The van der Waals surface area contributed by atoms with E-state index in [-0.39, 0.29) is 17.6 Å². The average molecular weight is 390 g/mol. The van der Waals surface area contributed by atoms with Crippen LogP contribution in [0.5, 0.6) is 0 Å². The van der Waals surface area contributed by atoms with Crippen LogP contribution in [0.2, 0.25) is 0 Å². The first-order chi connectivity index (χ1) is 12.8. The third kappa shape index (κ3) is 4.95. The summed E-state index contributed by atoms with van der Waals surface area (Å²) in [7, 11) is -3.71. The summed E-state index contributed by atoms with van der Waals surface area (Å²) in [5.74, 6) is -0.318. The third-order valence-corrected chi connectivity index (χ3v) is 5.20. The van der Waals surface area contributed by atoms with Gasteiger partial charge in [-0.05, 0) is 35.7 Å². The van der Waals surface area contributed by atoms with Gasteiger partial charge in [0, 0.05) is 18.0 Å². The Hall–Kier alpha value is -2.65. The Balaban J connectivity index is 1.79. The van der Waals surface area contributed by atoms with Gasteiger partial charge >= 0.3 is 0 Å². The maximum atomic E-state index is 13.0. The van der Waals surface area contributed by atoms with Crippen molar-refractivity contribution in [2.45, 2.75) is 25.6 Å². The van der Waals surface area contributed by atoms with Gasteiger partial charge in [0.25, 0.3) is 0 Å². The second kappa shape index (κ2) is 7.93. The Labute approximate surface area is 156 Å². The van der Waals surface area contributed by atoms with Crippen molar-refractivity contribution in [2.24, 2.45) is 5.92 Å². The van der Waals surface area contributed by atoms with Gasteiger partial charge in [-0.15, -0.1) is 0 Å². The SMILES string of the molecule is CC(C)C(NS(=O)(=O)Cc1ccc(F)cc1)c1nc(-c2cccnc2)no1. The summed E-state index contributed by atoms with van der Waals surface area (Å²) < 4.78 is 46.0. The van der Waals surface area contributed by atoms with Crippen LogP contribution >= 0.6 is 0 Å². The molecule has 0 spiro atoms. The topological polar surface area (TPSA) is 98.0 Å². The molecule has 27 heavy (non-hydrogen) atoms. The zero-order valence-corrected chi connectivity index (χ0v) is 15.6. The molecule has 142 valence electrons. The number of aromatic nitrogens is 3. The molecule has 1 N–H and O–H groups in total. The lowest BCUT2D eigenvalue weighted by molar-refractivity contribution is 0.311. The zero-order valence-electron chi connectivity index (χ0n) is 14.8. The number of nitrogens with one attached hydrogen (secondary N) is 1. The van der Waals surface area contributed by atoms with Crippen LogP contribution in [0.25, 0.3) is 11.4 Å². The number of benzene rings is 1. The molecule has 3 aromatic rings. The van der Waals surface area contributed by atoms with Crippen molar-refractivity contribution < 1.29 is 17.3 Å². The highest BCUT2D eigenvalue weighted by molar-refractivity contribution is 7.88. The van der Waals surface area contributed by atoms with Crippen LogP contribution in [0.1, 0.15) is 31.3 Å². The minimum atomic E-state index is -3.71. The van der Waals surface area contributed by atoms with E-state index >= 15 is 0 Å². The van der Waals surface area contributed by atoms with E-state index in [1.54, 1.807) is 24.5 Å². The second-order valence-electron chi connectivity index (χ2n) is 6.42. The largest absolute Gasteiger partial charge is 0.337 e. The molecule has 0 fully saturated rings. The van der Waals surface area contributed by atoms with E-state index in [0.717, 1.165) is 0 Å². The molecule has 0 saturated carbocycles. The van der Waals surface area contributed by atoms with Gasteiger partial charge in [0.05, 0.1) is 5.75 Å². The molecule has 0 aliphatic rings. The maximum absolute atomic E-state index is 13.0. The summed E-state index contributed by atoms with van der Waals surface area (Å²) in [6.07, 6.45) is 3.22. The van der Waals surface area contributed by atoms with Crippen molar-refractivity contribution >= 4 is 10.0 Å². The summed E-state index contributed by atoms with van der Waals surface area (Å²) in [4.78, 5) is 8.31. The van der Waals surface area contributed by atoms with E-state index in [1.165, 1.54) is 24.3 Å². The van der Waals surface area contributed by atoms with Gasteiger partial charge in [-0.2, -0.15) is 4.98 Å². The monoisotopic (exact) mass is 390 g/mol. The van der Waals surface area contributed by atoms with Crippen LogP contribution in [0, 0.1) is 11.7 Å². The Bertz CT molecular complexity index is 989. The zero-order chi connectivity index (χ0) is 19.4. The minimum absolute atomic E-state index is 0.129. The number of hydrogen-bond acceptors (Lipinski definition) is 6. The van der Waals surface area contributed by atoms with Crippen molar-refractivity contribution in [3.05, 3.63) is 66.1 Å². The van der Waals surface area contributed by atoms with Gasteiger partial charge < -0.3 is 4.52 Å². The molecule has 7 nitrogen and oxygen atoms in total. The van der Waals surface area contributed by atoms with Crippen molar-refractivity contribution in [1.29, 1.82) is 0 Å². The molecule has 0 aliphatic carbocycles. The van der Waals surface area contributed by atoms with Crippen LogP contribution in [0.15, 0.2) is 53.3 Å². The Morgan fingerprint density at radius 3 is 2.56 bits per heavy atom. The highest BCUT2D eigenvalue weighted by Gasteiger charge is 2.28. The smallest absolute Gasteiger partial charge is 0.245 e. The van der Waals surface area contributed by atoms with E-state index in [2.05, 4.69) is 19.8 Å². The van der Waals surface area contributed by atoms with Crippen molar-refractivity contribution in [3.8, 4) is 11.4 Å². The Morgan fingerprint density at radius 2 is 1.93 bits per heavy atom. The standard InChI is InChI=1S/C18H19FN4O3S/c1-12(2)16(18-21-17(22-26-18)14-4-3-9-20-10-14)23-27(24,25)11-13-5-7-15(19)8-6-13/h3-10,12,16,23H,11H2,1-2H3. The fourth-order valence-corrected chi connectivity index (χ4v) is 3.96. The first kappa shape index (κ1) is 19.1. The van der Waals surface area contributed by atoms with Crippen molar-refractivity contribution in [3.63, 3.8) is 0 Å². The highest BCUT2D eigenvalue weighted by atomic mass is 32.2. The number of sulfonamides is 1. The second-order valence-corrected chi connectivity index (χ2v) is 8.18. The molecule has 0 aliphatic heterocycles. The van der Waals surface area contributed by atoms with Crippen molar-refractivity contribution in [2.75, 3.05) is 0 Å². The van der Waals surface area contributed by atoms with E-state index < -0.39 is 21.9 Å². The van der Waals surface area contributed by atoms with Gasteiger partial charge in [0.1, 0.15) is 11.9 Å². The molecular formula is C18H19FN4O3S. The van der Waals surface area contributed by atoms with Crippen LogP contribution in [-0.4, -0.2) is 23.5 Å². The summed E-state index contributed by atoms with van der Waals surface area (Å²) in [6.45, 7) is 3.69. The summed E-state index contributed by atoms with van der Waals surface area (Å²) in [5, 5.41) is 3.91. The van der Waals surface area contributed by atoms with Gasteiger partial charge in [0.15, 0.2) is 0 Å². The molecule has 9 heteroatoms. The van der Waals surface area contributed by atoms with Gasteiger partial charge in [0.2, 0.25) is 21.7 Å². The third-order valence-electron chi connectivity index (χ3n) is 3.87. The predicted molar refractivity (Wildman–Crippen MR) is 97.3 cm³/mol. The minimum Gasteiger partial charge on any atom is -0.337 e. The normalized spacial score (nSPS) is 13.0. The van der Waals surface area contributed by atoms with E-state index in [4.69, 9.17) is 4.52 Å². The van der Waals surface area contributed by atoms with Crippen LogP contribution in [0.4, 0.5) is 4.39 Å². The molecule has 2 heterocycles. The van der Waals surface area contributed by atoms with E-state index in [0.29, 0.717) is 17.0 Å². The summed E-state index contributed by atoms with van der Waals surface area (Å²) in [6, 6.07) is 8.17. The van der Waals surface area contributed by atoms with Gasteiger partial charge in [-0.3, -0.25) is 4.98 Å². The number of hydrogen-bond donors (Lipinski definition) is 1. The molecule has 0 amide bonds. The fraction of sp³-hybridized carbons (Fsp3) is 0.278. The van der Waals surface area contributed by atoms with Crippen LogP contribution < -0.4 is 4.72 Å². The van der Waals surface area contributed by atoms with E-state index in [9.17, 15) is 12.8 Å². The molecule has 0 radical (unpaired) electrons. The van der Waals surface area contributed by atoms with Gasteiger partial charge in [-0.1, -0.05) is 31.1 Å². The van der Waals surface area contributed by atoms with Crippen molar-refractivity contribution in [1.82, 2.24) is 19.8 Å². The molecule has 1 unspecified atom stereocenters. The Morgan fingerprint density at radius 1 is 1.19 bits per heavy atom. The lowest BCUT2D eigenvalue weighted by atomic mass is 10.1. The molecular weight excluding hydrogens is 371 g/mol. The average Bonchev–Trinajstić information content (AvgIpc) is 3.12. The lowest BCUT2D eigenvalue weighted by Gasteiger charge is -2.18. The van der Waals surface area contributed by atoms with Crippen LogP contribution in [-0.2, 0) is 15.8 Å². The van der Waals surface area contributed by atoms with Gasteiger partial charge in [-0.25, -0.2) is 17.5 Å². The predicted octanol–water partition coefficient (Wildman–Crippen LogP) is 3.09. The lowest BCUT2D eigenvalue weighted by Crippen LogP contribution is -2.33. The number of pyridine rings is 1. The van der Waals surface area contributed by atoms with E-state index in [1.807, 2.05) is 13.8 Å². The first-order valence-corrected chi connectivity index (χ1v) is 9.98. The quantitative estimate of drug-likeness (QED) is 0.666.